The molecule has 3 rings (SSSR count). The van der Waals surface area contributed by atoms with Gasteiger partial charge in [-0.15, -0.1) is 0 Å². The largest absolute Gasteiger partial charge is 0.494 e. The first kappa shape index (κ1) is 17.5. The van der Waals surface area contributed by atoms with E-state index in [1.807, 2.05) is 22.9 Å². The second-order valence-corrected chi connectivity index (χ2v) is 7.76. The van der Waals surface area contributed by atoms with Crippen LogP contribution in [-0.2, 0) is 16.6 Å². The van der Waals surface area contributed by atoms with Crippen molar-refractivity contribution in [2.75, 3.05) is 7.11 Å². The molecular weight excluding hydrogens is 363 g/mol. The van der Waals surface area contributed by atoms with Crippen LogP contribution in [0.3, 0.4) is 0 Å². The minimum absolute atomic E-state index is 0.00776. The first-order chi connectivity index (χ1) is 12.0. The molecule has 130 valence electrons. The highest BCUT2D eigenvalue weighted by Crippen LogP contribution is 2.23. The van der Waals surface area contributed by atoms with Crippen LogP contribution in [0.25, 0.3) is 11.1 Å². The third-order valence-electron chi connectivity index (χ3n) is 3.55. The van der Waals surface area contributed by atoms with Crippen molar-refractivity contribution in [2.45, 2.75) is 11.4 Å². The van der Waals surface area contributed by atoms with Crippen LogP contribution in [0.4, 0.5) is 4.39 Å². The number of aromatic nitrogens is 1. The lowest BCUT2D eigenvalue weighted by molar-refractivity contribution is 0.385. The first-order valence-electron chi connectivity index (χ1n) is 7.29. The zero-order valence-electron chi connectivity index (χ0n) is 13.3. The molecule has 0 radical (unpaired) electrons. The van der Waals surface area contributed by atoms with E-state index in [9.17, 15) is 12.8 Å². The second-order valence-electron chi connectivity index (χ2n) is 5.21. The highest BCUT2D eigenvalue weighted by Gasteiger charge is 2.16. The van der Waals surface area contributed by atoms with Crippen molar-refractivity contribution >= 4 is 21.4 Å². The number of halogens is 1. The topological polar surface area (TPSA) is 68.3 Å². The molecule has 0 aliphatic heterocycles. The van der Waals surface area contributed by atoms with E-state index in [4.69, 9.17) is 4.74 Å². The van der Waals surface area contributed by atoms with Gasteiger partial charge in [0.1, 0.15) is 0 Å². The normalized spacial score (nSPS) is 11.4. The van der Waals surface area contributed by atoms with Gasteiger partial charge in [0, 0.05) is 24.5 Å². The van der Waals surface area contributed by atoms with Crippen molar-refractivity contribution < 1.29 is 17.5 Å². The van der Waals surface area contributed by atoms with Crippen molar-refractivity contribution in [3.63, 3.8) is 0 Å². The molecule has 2 heterocycles. The number of thiophene rings is 1. The Labute approximate surface area is 149 Å². The third kappa shape index (κ3) is 4.04. The van der Waals surface area contributed by atoms with Crippen LogP contribution >= 0.6 is 11.3 Å². The molecule has 0 atom stereocenters. The number of rotatable bonds is 6. The Morgan fingerprint density at radius 3 is 2.72 bits per heavy atom. The van der Waals surface area contributed by atoms with E-state index < -0.39 is 15.8 Å². The molecule has 0 unspecified atom stereocenters. The molecule has 0 aliphatic rings. The number of hydrogen-bond acceptors (Lipinski definition) is 5. The molecule has 25 heavy (non-hydrogen) atoms. The number of methoxy groups -OCH3 is 1. The lowest BCUT2D eigenvalue weighted by atomic mass is 10.1. The summed E-state index contributed by atoms with van der Waals surface area (Å²) in [6.07, 6.45) is 3.31. The molecule has 8 heteroatoms. The van der Waals surface area contributed by atoms with Gasteiger partial charge in [-0.05, 0) is 52.2 Å². The number of pyridine rings is 1. The average Bonchev–Trinajstić information content (AvgIpc) is 3.15. The Morgan fingerprint density at radius 1 is 1.20 bits per heavy atom. The maximum atomic E-state index is 13.7. The van der Waals surface area contributed by atoms with Gasteiger partial charge in [0.05, 0.1) is 12.0 Å². The maximum Gasteiger partial charge on any atom is 0.240 e. The summed E-state index contributed by atoms with van der Waals surface area (Å²) in [5, 5.41) is 3.95. The Bertz CT molecular complexity index is 973. The molecule has 0 saturated carbocycles. The van der Waals surface area contributed by atoms with Crippen molar-refractivity contribution in [1.82, 2.24) is 9.71 Å². The van der Waals surface area contributed by atoms with Crippen molar-refractivity contribution in [3.8, 4) is 16.9 Å². The minimum Gasteiger partial charge on any atom is -0.494 e. The molecule has 0 saturated heterocycles. The van der Waals surface area contributed by atoms with E-state index in [1.165, 1.54) is 19.2 Å². The van der Waals surface area contributed by atoms with Gasteiger partial charge >= 0.3 is 0 Å². The number of ether oxygens (including phenoxy) is 1. The van der Waals surface area contributed by atoms with Crippen LogP contribution in [0, 0.1) is 5.82 Å². The fourth-order valence-electron chi connectivity index (χ4n) is 2.25. The standard InChI is InChI=1S/C17H15FN2O3S2/c1-23-17-3-2-15(7-16(17)18)25(21,22)20-9-12-6-14(10-19-8-12)13-4-5-24-11-13/h2-8,10-11,20H,9H2,1H3. The molecule has 3 aromatic rings. The number of nitrogens with one attached hydrogen (secondary N) is 1. The van der Waals surface area contributed by atoms with Gasteiger partial charge in [-0.25, -0.2) is 17.5 Å². The van der Waals surface area contributed by atoms with Crippen LogP contribution < -0.4 is 9.46 Å². The van der Waals surface area contributed by atoms with Gasteiger partial charge in [-0.2, -0.15) is 11.3 Å². The molecule has 0 aliphatic carbocycles. The zero-order valence-corrected chi connectivity index (χ0v) is 14.9. The van der Waals surface area contributed by atoms with Crippen LogP contribution in [0.2, 0.25) is 0 Å². The minimum atomic E-state index is -3.84. The van der Waals surface area contributed by atoms with E-state index in [-0.39, 0.29) is 17.2 Å². The van der Waals surface area contributed by atoms with E-state index in [2.05, 4.69) is 9.71 Å². The summed E-state index contributed by atoms with van der Waals surface area (Å²) >= 11 is 1.57. The van der Waals surface area contributed by atoms with Gasteiger partial charge in [-0.3, -0.25) is 4.98 Å². The van der Waals surface area contributed by atoms with Crippen molar-refractivity contribution in [1.29, 1.82) is 0 Å². The molecular formula is C17H15FN2O3S2. The molecule has 0 fully saturated rings. The molecule has 1 aromatic carbocycles. The van der Waals surface area contributed by atoms with Crippen LogP contribution in [0.15, 0.2) is 58.4 Å². The molecule has 2 aromatic heterocycles. The summed E-state index contributed by atoms with van der Waals surface area (Å²) < 4.78 is 45.6. The van der Waals surface area contributed by atoms with E-state index in [1.54, 1.807) is 23.7 Å². The van der Waals surface area contributed by atoms with E-state index >= 15 is 0 Å². The molecule has 5 nitrogen and oxygen atoms in total. The summed E-state index contributed by atoms with van der Waals surface area (Å²) in [6, 6.07) is 7.34. The second kappa shape index (κ2) is 7.30. The Hall–Kier alpha value is -2.29. The van der Waals surface area contributed by atoms with Crippen molar-refractivity contribution in [3.05, 3.63) is 64.9 Å². The van der Waals surface area contributed by atoms with E-state index in [0.717, 1.165) is 17.2 Å². The molecule has 0 amide bonds. The lowest BCUT2D eigenvalue weighted by Gasteiger charge is -2.09. The van der Waals surface area contributed by atoms with Crippen LogP contribution in [0.1, 0.15) is 5.56 Å². The van der Waals surface area contributed by atoms with Crippen molar-refractivity contribution in [2.24, 2.45) is 0 Å². The quantitative estimate of drug-likeness (QED) is 0.713. The molecule has 1 N–H and O–H groups in total. The SMILES string of the molecule is COc1ccc(S(=O)(=O)NCc2cncc(-c3ccsc3)c2)cc1F. The summed E-state index contributed by atoms with van der Waals surface area (Å²) in [5.74, 6) is -0.738. The van der Waals surface area contributed by atoms with Crippen LogP contribution in [0.5, 0.6) is 5.75 Å². The van der Waals surface area contributed by atoms with Crippen LogP contribution in [-0.4, -0.2) is 20.5 Å². The predicted octanol–water partition coefficient (Wildman–Crippen LogP) is 3.44. The Balaban J connectivity index is 1.76. The average molecular weight is 378 g/mol. The summed E-state index contributed by atoms with van der Waals surface area (Å²) in [4.78, 5) is 3.98. The maximum absolute atomic E-state index is 13.7. The number of nitrogens with zero attached hydrogens (tertiary/aromatic N) is 1. The lowest BCUT2D eigenvalue weighted by Crippen LogP contribution is -2.23. The fourth-order valence-corrected chi connectivity index (χ4v) is 3.94. The van der Waals surface area contributed by atoms with Gasteiger partial charge < -0.3 is 4.74 Å². The summed E-state index contributed by atoms with van der Waals surface area (Å²) in [7, 11) is -2.53. The summed E-state index contributed by atoms with van der Waals surface area (Å²) in [5.41, 5.74) is 2.65. The van der Waals surface area contributed by atoms with Gasteiger partial charge in [-0.1, -0.05) is 0 Å². The predicted molar refractivity (Wildman–Crippen MR) is 94.5 cm³/mol. The first-order valence-corrected chi connectivity index (χ1v) is 9.72. The zero-order chi connectivity index (χ0) is 17.9. The van der Waals surface area contributed by atoms with Gasteiger partial charge in [0.15, 0.2) is 11.6 Å². The fraction of sp³-hybridized carbons (Fsp3) is 0.118. The monoisotopic (exact) mass is 378 g/mol. The van der Waals surface area contributed by atoms with Gasteiger partial charge in [0.2, 0.25) is 10.0 Å². The number of sulfonamides is 1. The molecule has 0 spiro atoms. The summed E-state index contributed by atoms with van der Waals surface area (Å²) in [6.45, 7) is 0.0565. The van der Waals surface area contributed by atoms with E-state index in [0.29, 0.717) is 5.56 Å². The van der Waals surface area contributed by atoms with Gasteiger partial charge in [0.25, 0.3) is 0 Å². The smallest absolute Gasteiger partial charge is 0.240 e. The Kier molecular flexibility index (Phi) is 5.12. The highest BCUT2D eigenvalue weighted by atomic mass is 32.2. The highest BCUT2D eigenvalue weighted by molar-refractivity contribution is 7.89. The third-order valence-corrected chi connectivity index (χ3v) is 5.63. The number of benzene rings is 1. The molecule has 0 bridgehead atoms. The Morgan fingerprint density at radius 2 is 2.04 bits per heavy atom. The number of hydrogen-bond donors (Lipinski definition) is 1.